The first-order chi connectivity index (χ1) is 20.2. The van der Waals surface area contributed by atoms with Crippen LogP contribution in [0.15, 0.2) is 48.0 Å². The molecular weight excluding hydrogens is 575 g/mol. The maximum atomic E-state index is 14.6. The molecule has 43 heavy (non-hydrogen) atoms. The molecule has 0 radical (unpaired) electrons. The van der Waals surface area contributed by atoms with Crippen LogP contribution in [0.3, 0.4) is 0 Å². The molecule has 0 bridgehead atoms. The Balaban J connectivity index is 1.49. The Morgan fingerprint density at radius 1 is 1.09 bits per heavy atom. The number of thiazole rings is 1. The van der Waals surface area contributed by atoms with E-state index in [1.54, 1.807) is 37.6 Å². The minimum atomic E-state index is -1.34. The summed E-state index contributed by atoms with van der Waals surface area (Å²) in [5.41, 5.74) is 3.00. The van der Waals surface area contributed by atoms with Crippen molar-refractivity contribution in [2.75, 3.05) is 6.54 Å². The minimum absolute atomic E-state index is 0.0178. The molecular formula is C31H35FN4O6S. The number of aryl methyl sites for hydroxylation is 1. The molecule has 0 spiro atoms. The number of aromatic carboxylic acids is 1. The van der Waals surface area contributed by atoms with Gasteiger partial charge < -0.3 is 25.7 Å². The van der Waals surface area contributed by atoms with E-state index in [4.69, 9.17) is 5.11 Å². The molecule has 4 atom stereocenters. The number of halogens is 1. The number of hydrogen-bond donors (Lipinski definition) is 4. The Bertz CT molecular complexity index is 1530. The van der Waals surface area contributed by atoms with Crippen molar-refractivity contribution in [2.24, 2.45) is 5.41 Å². The van der Waals surface area contributed by atoms with Gasteiger partial charge in [-0.2, -0.15) is 0 Å². The quantitative estimate of drug-likeness (QED) is 0.302. The largest absolute Gasteiger partial charge is 0.478 e. The Morgan fingerprint density at radius 2 is 1.77 bits per heavy atom. The lowest BCUT2D eigenvalue weighted by Crippen LogP contribution is -2.58. The molecule has 4 N–H and O–H groups in total. The lowest BCUT2D eigenvalue weighted by Gasteiger charge is -2.35. The van der Waals surface area contributed by atoms with E-state index >= 15 is 0 Å². The molecule has 0 unspecified atom stereocenters. The van der Waals surface area contributed by atoms with Crippen LogP contribution in [-0.2, 0) is 9.59 Å². The van der Waals surface area contributed by atoms with Crippen molar-refractivity contribution in [3.05, 3.63) is 76.2 Å². The van der Waals surface area contributed by atoms with Gasteiger partial charge in [-0.15, -0.1) is 11.3 Å². The van der Waals surface area contributed by atoms with Crippen LogP contribution in [0.1, 0.15) is 72.1 Å². The summed E-state index contributed by atoms with van der Waals surface area (Å²) in [6.45, 7) is 8.78. The van der Waals surface area contributed by atoms with Gasteiger partial charge in [0, 0.05) is 13.0 Å². The van der Waals surface area contributed by atoms with Crippen LogP contribution >= 0.6 is 11.3 Å². The van der Waals surface area contributed by atoms with E-state index in [2.05, 4.69) is 15.6 Å². The average molecular weight is 611 g/mol. The summed E-state index contributed by atoms with van der Waals surface area (Å²) in [5.74, 6) is -4.35. The normalized spacial score (nSPS) is 18.2. The number of carbonyl (C=O) groups excluding carboxylic acids is 3. The van der Waals surface area contributed by atoms with E-state index in [9.17, 15) is 28.7 Å². The summed E-state index contributed by atoms with van der Waals surface area (Å²) in [6, 6.07) is 8.06. The van der Waals surface area contributed by atoms with Crippen molar-refractivity contribution in [2.45, 2.75) is 65.3 Å². The van der Waals surface area contributed by atoms with Gasteiger partial charge in [0.25, 0.3) is 5.91 Å². The number of carboxylic acids is 1. The number of likely N-dealkylation sites (tertiary alicyclic amines) is 1. The number of carboxylic acid groups (broad SMARTS) is 1. The molecule has 1 aliphatic heterocycles. The van der Waals surface area contributed by atoms with Gasteiger partial charge >= 0.3 is 5.97 Å². The third-order valence-electron chi connectivity index (χ3n) is 7.49. The highest BCUT2D eigenvalue weighted by Crippen LogP contribution is 2.30. The molecule has 2 heterocycles. The first-order valence-electron chi connectivity index (χ1n) is 13.8. The second-order valence-corrected chi connectivity index (χ2v) is 12.6. The number of aliphatic hydroxyl groups excluding tert-OH is 1. The highest BCUT2D eigenvalue weighted by Gasteiger charge is 2.45. The number of aliphatic hydroxyl groups is 1. The Morgan fingerprint density at radius 3 is 2.33 bits per heavy atom. The van der Waals surface area contributed by atoms with Gasteiger partial charge in [0.2, 0.25) is 11.8 Å². The number of nitrogens with one attached hydrogen (secondary N) is 2. The predicted molar refractivity (Wildman–Crippen MR) is 159 cm³/mol. The number of amides is 3. The van der Waals surface area contributed by atoms with Gasteiger partial charge in [-0.05, 0) is 48.6 Å². The molecule has 228 valence electrons. The van der Waals surface area contributed by atoms with Crippen LogP contribution in [0.25, 0.3) is 10.4 Å². The zero-order chi connectivity index (χ0) is 31.6. The maximum absolute atomic E-state index is 14.6. The van der Waals surface area contributed by atoms with Crippen molar-refractivity contribution in [1.82, 2.24) is 20.5 Å². The molecule has 4 rings (SSSR count). The molecule has 1 aromatic heterocycles. The fourth-order valence-corrected chi connectivity index (χ4v) is 5.87. The van der Waals surface area contributed by atoms with Crippen molar-refractivity contribution in [1.29, 1.82) is 0 Å². The number of hydrogen-bond acceptors (Lipinski definition) is 7. The van der Waals surface area contributed by atoms with Gasteiger partial charge in [0.1, 0.15) is 17.9 Å². The summed E-state index contributed by atoms with van der Waals surface area (Å²) in [5, 5.41) is 25.0. The van der Waals surface area contributed by atoms with Gasteiger partial charge in [0.15, 0.2) is 0 Å². The number of rotatable bonds is 8. The molecule has 10 nitrogen and oxygen atoms in total. The fraction of sp³-hybridized carbons (Fsp3) is 0.387. The van der Waals surface area contributed by atoms with Crippen molar-refractivity contribution >= 4 is 35.0 Å². The van der Waals surface area contributed by atoms with Crippen molar-refractivity contribution < 1.29 is 33.8 Å². The topological polar surface area (TPSA) is 149 Å². The van der Waals surface area contributed by atoms with E-state index in [1.165, 1.54) is 4.90 Å². The molecule has 1 fully saturated rings. The molecule has 0 aliphatic carbocycles. The van der Waals surface area contributed by atoms with Crippen LogP contribution in [0.5, 0.6) is 0 Å². The van der Waals surface area contributed by atoms with Crippen molar-refractivity contribution in [3.8, 4) is 10.4 Å². The smallest absolute Gasteiger partial charge is 0.335 e. The van der Waals surface area contributed by atoms with E-state index in [1.807, 2.05) is 38.1 Å². The van der Waals surface area contributed by atoms with Gasteiger partial charge in [-0.3, -0.25) is 14.4 Å². The van der Waals surface area contributed by atoms with Gasteiger partial charge in [0.05, 0.1) is 39.4 Å². The molecule has 0 saturated carbocycles. The van der Waals surface area contributed by atoms with E-state index < -0.39 is 64.7 Å². The van der Waals surface area contributed by atoms with E-state index in [0.29, 0.717) is 0 Å². The summed E-state index contributed by atoms with van der Waals surface area (Å²) >= 11 is 1.55. The molecule has 3 amide bonds. The Kier molecular flexibility index (Phi) is 9.31. The third kappa shape index (κ3) is 7.08. The summed E-state index contributed by atoms with van der Waals surface area (Å²) in [6.07, 6.45) is -0.932. The number of β-amino-alcohol motifs (C(OH)–C–C–N with tert-alkyl or cyclic N) is 1. The van der Waals surface area contributed by atoms with Gasteiger partial charge in [-0.1, -0.05) is 45.0 Å². The number of carbonyl (C=O) groups is 4. The zero-order valence-corrected chi connectivity index (χ0v) is 25.4. The lowest BCUT2D eigenvalue weighted by atomic mass is 9.85. The third-order valence-corrected chi connectivity index (χ3v) is 8.47. The summed E-state index contributed by atoms with van der Waals surface area (Å²) in [4.78, 5) is 58.0. The van der Waals surface area contributed by atoms with E-state index in [0.717, 1.165) is 39.9 Å². The number of aromatic nitrogens is 1. The monoisotopic (exact) mass is 610 g/mol. The summed E-state index contributed by atoms with van der Waals surface area (Å²) in [7, 11) is 0. The minimum Gasteiger partial charge on any atom is -0.478 e. The lowest BCUT2D eigenvalue weighted by molar-refractivity contribution is -0.142. The highest BCUT2D eigenvalue weighted by atomic mass is 32.1. The first kappa shape index (κ1) is 31.8. The van der Waals surface area contributed by atoms with Crippen LogP contribution in [0.4, 0.5) is 4.39 Å². The van der Waals surface area contributed by atoms with Crippen LogP contribution in [0.2, 0.25) is 0 Å². The predicted octanol–water partition coefficient (Wildman–Crippen LogP) is 3.94. The zero-order valence-electron chi connectivity index (χ0n) is 24.6. The van der Waals surface area contributed by atoms with Crippen molar-refractivity contribution in [3.63, 3.8) is 0 Å². The SMILES string of the molecule is Cc1ncsc1-c1ccc([C@H](C)NC(=O)[C@@H]2C[C@@H](O)CN2C(=O)[C@@H](NC(=O)c2ccc(C(=O)O)cc2F)C(C)(C)C)cc1. The average Bonchev–Trinajstić information content (AvgIpc) is 3.55. The Labute approximate surface area is 252 Å². The first-order valence-corrected chi connectivity index (χ1v) is 14.7. The summed E-state index contributed by atoms with van der Waals surface area (Å²) < 4.78 is 14.6. The molecule has 1 saturated heterocycles. The highest BCUT2D eigenvalue weighted by molar-refractivity contribution is 7.13. The van der Waals surface area contributed by atoms with Crippen LogP contribution in [-0.4, -0.2) is 68.5 Å². The molecule has 2 aromatic carbocycles. The molecule has 3 aromatic rings. The van der Waals surface area contributed by atoms with Crippen LogP contribution < -0.4 is 10.6 Å². The number of benzene rings is 2. The van der Waals surface area contributed by atoms with Crippen LogP contribution in [0, 0.1) is 18.2 Å². The Hall–Kier alpha value is -4.16. The second kappa shape index (κ2) is 12.6. The van der Waals surface area contributed by atoms with Gasteiger partial charge in [-0.25, -0.2) is 14.2 Å². The molecule has 1 aliphatic rings. The maximum Gasteiger partial charge on any atom is 0.335 e. The standard InChI is InChI=1S/C31H35FN4O6S/c1-16(18-6-8-19(9-7-18)25-17(2)33-15-43-25)34-28(39)24-13-21(37)14-36(24)29(40)26(31(3,4)5)35-27(38)22-11-10-20(30(41)42)12-23(22)32/h6-12,15-16,21,24,26,37H,13-14H2,1-5H3,(H,34,39)(H,35,38)(H,41,42)/t16-,21+,24-,26+/m0/s1. The second-order valence-electron chi connectivity index (χ2n) is 11.8. The van der Waals surface area contributed by atoms with E-state index in [-0.39, 0.29) is 18.5 Å². The fourth-order valence-electron chi connectivity index (χ4n) is 5.06. The molecule has 12 heteroatoms. The number of nitrogens with zero attached hydrogens (tertiary/aromatic N) is 2.